The first-order chi connectivity index (χ1) is 9.04. The smallest absolute Gasteiger partial charge is 0.183 e. The van der Waals surface area contributed by atoms with Gasteiger partial charge in [-0.05, 0) is 12.8 Å². The van der Waals surface area contributed by atoms with Crippen LogP contribution in [0.4, 0.5) is 0 Å². The fourth-order valence-electron chi connectivity index (χ4n) is 2.67. The first-order valence-corrected chi connectivity index (χ1v) is 8.18. The van der Waals surface area contributed by atoms with E-state index >= 15 is 0 Å². The Morgan fingerprint density at radius 1 is 1.37 bits per heavy atom. The quantitative estimate of drug-likeness (QED) is 0.896. The summed E-state index contributed by atoms with van der Waals surface area (Å²) in [7, 11) is -2.96. The Bertz CT molecular complexity index is 758. The van der Waals surface area contributed by atoms with Gasteiger partial charge in [-0.2, -0.15) is 0 Å². The molecule has 3 heterocycles. The molecule has 3 rings (SSSR count). The minimum absolute atomic E-state index is 0.0568. The molecule has 19 heavy (non-hydrogen) atoms. The standard InChI is InChI=1S/C13H16N2O3S/c16-11-4-5-15-9-10(14-13(15)8-11)7-12-3-1-2-6-19(12,17)18/h4-5,8-9,12,14H,1-3,6-7H2. The molecule has 2 aromatic rings. The largest absolute Gasteiger partial charge is 0.343 e. The van der Waals surface area contributed by atoms with Crippen LogP contribution in [0, 0.1) is 0 Å². The normalized spacial score (nSPS) is 22.6. The Morgan fingerprint density at radius 3 is 3.00 bits per heavy atom. The maximum absolute atomic E-state index is 12.0. The molecule has 1 N–H and O–H groups in total. The van der Waals surface area contributed by atoms with Gasteiger partial charge in [0.1, 0.15) is 5.65 Å². The van der Waals surface area contributed by atoms with Crippen LogP contribution in [0.15, 0.2) is 29.3 Å². The number of pyridine rings is 1. The zero-order valence-electron chi connectivity index (χ0n) is 10.5. The highest BCUT2D eigenvalue weighted by Crippen LogP contribution is 2.22. The highest BCUT2D eigenvalue weighted by Gasteiger charge is 2.29. The molecule has 0 amide bonds. The predicted octanol–water partition coefficient (Wildman–Crippen LogP) is 1.14. The van der Waals surface area contributed by atoms with E-state index in [1.165, 1.54) is 12.1 Å². The second-order valence-corrected chi connectivity index (χ2v) is 7.52. The number of hydrogen-bond donors (Lipinski definition) is 1. The zero-order valence-corrected chi connectivity index (χ0v) is 11.3. The molecular formula is C13H16N2O3S. The molecule has 1 unspecified atom stereocenters. The molecule has 6 heteroatoms. The molecule has 0 aliphatic carbocycles. The molecule has 1 atom stereocenters. The molecule has 2 aromatic heterocycles. The van der Waals surface area contributed by atoms with Gasteiger partial charge >= 0.3 is 0 Å². The number of aromatic nitrogens is 2. The number of rotatable bonds is 2. The highest BCUT2D eigenvalue weighted by molar-refractivity contribution is 7.92. The van der Waals surface area contributed by atoms with E-state index in [9.17, 15) is 13.2 Å². The van der Waals surface area contributed by atoms with Crippen molar-refractivity contribution in [1.82, 2.24) is 9.38 Å². The second kappa shape index (κ2) is 4.52. The second-order valence-electron chi connectivity index (χ2n) is 5.12. The third kappa shape index (κ3) is 2.45. The maximum Gasteiger partial charge on any atom is 0.183 e. The Balaban J connectivity index is 1.91. The molecule has 1 aliphatic heterocycles. The monoisotopic (exact) mass is 280 g/mol. The Morgan fingerprint density at radius 2 is 2.21 bits per heavy atom. The topological polar surface area (TPSA) is 71.4 Å². The molecule has 0 aromatic carbocycles. The highest BCUT2D eigenvalue weighted by atomic mass is 32.2. The van der Waals surface area contributed by atoms with E-state index in [4.69, 9.17) is 0 Å². The van der Waals surface area contributed by atoms with Crippen LogP contribution in [0.1, 0.15) is 25.0 Å². The van der Waals surface area contributed by atoms with Gasteiger partial charge < -0.3 is 9.38 Å². The van der Waals surface area contributed by atoms with Crippen LogP contribution in [0.3, 0.4) is 0 Å². The van der Waals surface area contributed by atoms with E-state index < -0.39 is 9.84 Å². The molecule has 0 spiro atoms. The van der Waals surface area contributed by atoms with Crippen molar-refractivity contribution in [2.45, 2.75) is 30.9 Å². The van der Waals surface area contributed by atoms with Gasteiger partial charge in [-0.3, -0.25) is 4.79 Å². The zero-order chi connectivity index (χ0) is 13.5. The number of fused-ring (bicyclic) bond motifs is 1. The van der Waals surface area contributed by atoms with Gasteiger partial charge in [0.2, 0.25) is 0 Å². The summed E-state index contributed by atoms with van der Waals surface area (Å²) in [6, 6.07) is 3.00. The number of nitrogens with one attached hydrogen (secondary N) is 1. The molecule has 1 aliphatic rings. The number of aromatic amines is 1. The molecule has 5 nitrogen and oxygen atoms in total. The Kier molecular flexibility index (Phi) is 2.97. The first-order valence-electron chi connectivity index (χ1n) is 6.46. The fraction of sp³-hybridized carbons (Fsp3) is 0.462. The predicted molar refractivity (Wildman–Crippen MR) is 73.1 cm³/mol. The lowest BCUT2D eigenvalue weighted by Crippen LogP contribution is -2.30. The van der Waals surface area contributed by atoms with E-state index in [0.29, 0.717) is 17.8 Å². The van der Waals surface area contributed by atoms with Crippen molar-refractivity contribution in [3.05, 3.63) is 40.4 Å². The van der Waals surface area contributed by atoms with Crippen molar-refractivity contribution in [3.8, 4) is 0 Å². The SMILES string of the molecule is O=c1ccn2cc(CC3CCCCS3(=O)=O)[nH]c2c1. The van der Waals surface area contributed by atoms with Crippen molar-refractivity contribution in [2.24, 2.45) is 0 Å². The van der Waals surface area contributed by atoms with Crippen LogP contribution >= 0.6 is 0 Å². The fourth-order valence-corrected chi connectivity index (χ4v) is 4.57. The average molecular weight is 280 g/mol. The van der Waals surface area contributed by atoms with Gasteiger partial charge in [0.05, 0.1) is 11.0 Å². The van der Waals surface area contributed by atoms with E-state index in [-0.39, 0.29) is 10.7 Å². The van der Waals surface area contributed by atoms with Gasteiger partial charge in [-0.15, -0.1) is 0 Å². The third-order valence-corrected chi connectivity index (χ3v) is 5.98. The number of nitrogens with zero attached hydrogens (tertiary/aromatic N) is 1. The van der Waals surface area contributed by atoms with Gasteiger partial charge in [0, 0.05) is 36.6 Å². The third-order valence-electron chi connectivity index (χ3n) is 3.70. The number of sulfone groups is 1. The summed E-state index contributed by atoms with van der Waals surface area (Å²) < 4.78 is 25.8. The van der Waals surface area contributed by atoms with Gasteiger partial charge in [-0.25, -0.2) is 8.42 Å². The van der Waals surface area contributed by atoms with Crippen molar-refractivity contribution in [3.63, 3.8) is 0 Å². The molecule has 0 bridgehead atoms. The van der Waals surface area contributed by atoms with E-state index in [1.807, 2.05) is 10.6 Å². The van der Waals surface area contributed by atoms with Gasteiger partial charge in [0.25, 0.3) is 0 Å². The van der Waals surface area contributed by atoms with E-state index in [2.05, 4.69) is 4.98 Å². The van der Waals surface area contributed by atoms with Crippen molar-refractivity contribution in [2.75, 3.05) is 5.75 Å². The van der Waals surface area contributed by atoms with Crippen molar-refractivity contribution in [1.29, 1.82) is 0 Å². The Hall–Kier alpha value is -1.56. The Labute approximate surface area is 111 Å². The molecule has 0 radical (unpaired) electrons. The summed E-state index contributed by atoms with van der Waals surface area (Å²) >= 11 is 0. The lowest BCUT2D eigenvalue weighted by Gasteiger charge is -2.21. The number of imidazole rings is 1. The van der Waals surface area contributed by atoms with Crippen LogP contribution in [0.25, 0.3) is 5.65 Å². The summed E-state index contributed by atoms with van der Waals surface area (Å²) in [5, 5.41) is -0.290. The maximum atomic E-state index is 12.0. The molecule has 102 valence electrons. The minimum Gasteiger partial charge on any atom is -0.343 e. The van der Waals surface area contributed by atoms with E-state index in [0.717, 1.165) is 25.0 Å². The summed E-state index contributed by atoms with van der Waals surface area (Å²) in [4.78, 5) is 14.4. The van der Waals surface area contributed by atoms with Crippen LogP contribution in [0.5, 0.6) is 0 Å². The number of H-pyrrole nitrogens is 1. The summed E-state index contributed by atoms with van der Waals surface area (Å²) in [6.07, 6.45) is 6.53. The number of hydrogen-bond acceptors (Lipinski definition) is 3. The lowest BCUT2D eigenvalue weighted by molar-refractivity contribution is 0.536. The first kappa shape index (κ1) is 12.5. The van der Waals surface area contributed by atoms with Crippen molar-refractivity contribution >= 4 is 15.5 Å². The van der Waals surface area contributed by atoms with Gasteiger partial charge in [0.15, 0.2) is 15.3 Å². The molecule has 1 fully saturated rings. The molecule has 1 saturated heterocycles. The van der Waals surface area contributed by atoms with Crippen LogP contribution in [-0.4, -0.2) is 28.8 Å². The van der Waals surface area contributed by atoms with E-state index in [1.54, 1.807) is 6.20 Å². The van der Waals surface area contributed by atoms with Gasteiger partial charge in [-0.1, -0.05) is 6.42 Å². The summed E-state index contributed by atoms with van der Waals surface area (Å²) in [6.45, 7) is 0. The van der Waals surface area contributed by atoms with Crippen molar-refractivity contribution < 1.29 is 8.42 Å². The van der Waals surface area contributed by atoms with Crippen LogP contribution < -0.4 is 5.43 Å². The molecular weight excluding hydrogens is 264 g/mol. The van der Waals surface area contributed by atoms with Crippen LogP contribution in [-0.2, 0) is 16.3 Å². The molecule has 0 saturated carbocycles. The summed E-state index contributed by atoms with van der Waals surface area (Å²) in [5.74, 6) is 0.301. The minimum atomic E-state index is -2.96. The van der Waals surface area contributed by atoms with Crippen LogP contribution in [0.2, 0.25) is 0 Å². The lowest BCUT2D eigenvalue weighted by atomic mass is 10.1. The average Bonchev–Trinajstić information content (AvgIpc) is 2.73. The summed E-state index contributed by atoms with van der Waals surface area (Å²) in [5.41, 5.74) is 1.51.